The van der Waals surface area contributed by atoms with Crippen LogP contribution >= 0.6 is 23.2 Å². The predicted octanol–water partition coefficient (Wildman–Crippen LogP) is 4.19. The molecule has 3 aromatic heterocycles. The highest BCUT2D eigenvalue weighted by Crippen LogP contribution is 2.33. The van der Waals surface area contributed by atoms with E-state index in [-0.39, 0.29) is 22.4 Å². The molecule has 10 nitrogen and oxygen atoms in total. The van der Waals surface area contributed by atoms with E-state index in [0.29, 0.717) is 41.3 Å². The van der Waals surface area contributed by atoms with E-state index >= 15 is 0 Å². The quantitative estimate of drug-likeness (QED) is 0.392. The van der Waals surface area contributed by atoms with Gasteiger partial charge in [-0.1, -0.05) is 22.9 Å². The minimum Gasteiger partial charge on any atom is -0.441 e. The molecule has 1 atom stereocenters. The summed E-state index contributed by atoms with van der Waals surface area (Å²) in [6.45, 7) is 1.69. The maximum atomic E-state index is 12.5. The van der Waals surface area contributed by atoms with Crippen LogP contribution < -0.4 is 10.6 Å². The van der Waals surface area contributed by atoms with E-state index in [1.807, 2.05) is 0 Å². The number of ether oxygens (including phenoxy) is 1. The van der Waals surface area contributed by atoms with Crippen LogP contribution in [0.4, 0.5) is 16.3 Å². The summed E-state index contributed by atoms with van der Waals surface area (Å²) in [7, 11) is 1.63. The van der Waals surface area contributed by atoms with Crippen LogP contribution in [-0.4, -0.2) is 42.3 Å². The molecule has 0 radical (unpaired) electrons. The Balaban J connectivity index is 1.42. The van der Waals surface area contributed by atoms with Crippen molar-refractivity contribution in [3.05, 3.63) is 47.4 Å². The fourth-order valence-electron chi connectivity index (χ4n) is 3.34. The average Bonchev–Trinajstić information content (AvgIpc) is 3.12. The van der Waals surface area contributed by atoms with E-state index in [1.54, 1.807) is 44.4 Å². The highest BCUT2D eigenvalue weighted by atomic mass is 35.5. The molecule has 0 bridgehead atoms. The molecular weight excluding hydrogens is 469 g/mol. The number of nitrogens with zero attached hydrogens (tertiary/aromatic N) is 5. The molecule has 1 fully saturated rings. The first-order valence-corrected chi connectivity index (χ1v) is 11.0. The second-order valence-electron chi connectivity index (χ2n) is 7.65. The van der Waals surface area contributed by atoms with Gasteiger partial charge in [0.05, 0.1) is 17.6 Å². The van der Waals surface area contributed by atoms with Crippen molar-refractivity contribution in [3.8, 4) is 11.4 Å². The molecule has 172 valence electrons. The Morgan fingerprint density at radius 1 is 1.21 bits per heavy atom. The smallest absolute Gasteiger partial charge is 0.413 e. The number of rotatable bonds is 6. The van der Waals surface area contributed by atoms with Crippen molar-refractivity contribution in [2.45, 2.75) is 31.2 Å². The molecule has 0 aromatic carbocycles. The van der Waals surface area contributed by atoms with Gasteiger partial charge in [0.15, 0.2) is 11.5 Å². The van der Waals surface area contributed by atoms with Crippen molar-refractivity contribution in [3.63, 3.8) is 0 Å². The van der Waals surface area contributed by atoms with Gasteiger partial charge in [-0.3, -0.25) is 15.1 Å². The topological polar surface area (TPSA) is 124 Å². The number of amides is 2. The van der Waals surface area contributed by atoms with Crippen LogP contribution in [0.5, 0.6) is 0 Å². The second kappa shape index (κ2) is 9.72. The number of hydrogen-bond acceptors (Lipinski definition) is 7. The molecule has 2 N–H and O–H groups in total. The number of alkyl halides is 1. The fourth-order valence-corrected chi connectivity index (χ4v) is 4.04. The van der Waals surface area contributed by atoms with Gasteiger partial charge in [-0.2, -0.15) is 0 Å². The molecule has 0 saturated heterocycles. The van der Waals surface area contributed by atoms with E-state index in [4.69, 9.17) is 27.9 Å². The number of nitrogens with one attached hydrogen (secondary N) is 2. The number of aromatic nitrogens is 5. The molecule has 1 aliphatic rings. The lowest BCUT2D eigenvalue weighted by molar-refractivity contribution is -0.122. The number of hydrogen-bond donors (Lipinski definition) is 2. The number of anilines is 2. The molecule has 12 heteroatoms. The van der Waals surface area contributed by atoms with E-state index < -0.39 is 12.2 Å². The normalized spacial score (nSPS) is 18.2. The molecule has 1 aliphatic carbocycles. The lowest BCUT2D eigenvalue weighted by Crippen LogP contribution is -2.34. The molecule has 4 rings (SSSR count). The molecule has 2 amide bonds. The molecule has 0 aliphatic heterocycles. The average molecular weight is 490 g/mol. The maximum Gasteiger partial charge on any atom is 0.413 e. The standard InChI is InChI=1S/C21H21Cl2N7O3/c1-11(15-4-3-7-24-18(15)23)33-21(32)27-19-17(28-29-30(19)2)16-6-5-14(10-25-16)26-20(31)12-8-13(22)9-12/h3-7,10-13H,8-9H2,1-2H3,(H,26,31)(H,27,32)/t11-,12?,13?/m1/s1. The van der Waals surface area contributed by atoms with Crippen LogP contribution in [0.1, 0.15) is 31.4 Å². The molecule has 1 saturated carbocycles. The summed E-state index contributed by atoms with van der Waals surface area (Å²) >= 11 is 12.0. The van der Waals surface area contributed by atoms with Crippen molar-refractivity contribution in [2.75, 3.05) is 10.6 Å². The number of aryl methyl sites for hydroxylation is 1. The van der Waals surface area contributed by atoms with Gasteiger partial charge in [-0.05, 0) is 38.0 Å². The van der Waals surface area contributed by atoms with Gasteiger partial charge in [0.1, 0.15) is 11.3 Å². The first-order chi connectivity index (χ1) is 15.8. The Morgan fingerprint density at radius 3 is 2.67 bits per heavy atom. The minimum atomic E-state index is -0.712. The van der Waals surface area contributed by atoms with Gasteiger partial charge < -0.3 is 10.1 Å². The molecule has 33 heavy (non-hydrogen) atoms. The lowest BCUT2D eigenvalue weighted by atomic mass is 9.84. The zero-order valence-corrected chi connectivity index (χ0v) is 19.3. The number of halogens is 2. The van der Waals surface area contributed by atoms with Crippen LogP contribution in [0.2, 0.25) is 5.15 Å². The first kappa shape index (κ1) is 22.9. The fraction of sp³-hybridized carbons (Fsp3) is 0.333. The van der Waals surface area contributed by atoms with E-state index in [9.17, 15) is 9.59 Å². The summed E-state index contributed by atoms with van der Waals surface area (Å²) in [5.74, 6) is 0.156. The van der Waals surface area contributed by atoms with E-state index in [0.717, 1.165) is 0 Å². The van der Waals surface area contributed by atoms with E-state index in [2.05, 4.69) is 30.9 Å². The van der Waals surface area contributed by atoms with Gasteiger partial charge in [0.2, 0.25) is 5.91 Å². The summed E-state index contributed by atoms with van der Waals surface area (Å²) in [6.07, 6.45) is 3.09. The first-order valence-electron chi connectivity index (χ1n) is 10.2. The monoisotopic (exact) mass is 489 g/mol. The van der Waals surface area contributed by atoms with Gasteiger partial charge in [-0.15, -0.1) is 16.7 Å². The van der Waals surface area contributed by atoms with E-state index in [1.165, 1.54) is 10.9 Å². The summed E-state index contributed by atoms with van der Waals surface area (Å²) in [5, 5.41) is 13.9. The van der Waals surface area contributed by atoms with Crippen LogP contribution in [0.15, 0.2) is 36.7 Å². The molecule has 0 unspecified atom stereocenters. The Labute approximate surface area is 199 Å². The lowest BCUT2D eigenvalue weighted by Gasteiger charge is -2.29. The third-order valence-corrected chi connectivity index (χ3v) is 5.95. The third kappa shape index (κ3) is 5.23. The van der Waals surface area contributed by atoms with Crippen molar-refractivity contribution in [1.29, 1.82) is 0 Å². The predicted molar refractivity (Wildman–Crippen MR) is 123 cm³/mol. The second-order valence-corrected chi connectivity index (χ2v) is 8.63. The Kier molecular flexibility index (Phi) is 6.75. The van der Waals surface area contributed by atoms with Gasteiger partial charge in [0, 0.05) is 30.1 Å². The van der Waals surface area contributed by atoms with Crippen LogP contribution in [0, 0.1) is 5.92 Å². The summed E-state index contributed by atoms with van der Waals surface area (Å²) in [5.41, 5.74) is 1.95. The largest absolute Gasteiger partial charge is 0.441 e. The van der Waals surface area contributed by atoms with Gasteiger partial charge in [-0.25, -0.2) is 14.5 Å². The van der Waals surface area contributed by atoms with Crippen molar-refractivity contribution in [1.82, 2.24) is 25.0 Å². The number of carbonyl (C=O) groups excluding carboxylic acids is 2. The minimum absolute atomic E-state index is 0.0693. The molecule has 3 heterocycles. The number of pyridine rings is 2. The Morgan fingerprint density at radius 2 is 2.00 bits per heavy atom. The van der Waals surface area contributed by atoms with Crippen molar-refractivity contribution < 1.29 is 14.3 Å². The van der Waals surface area contributed by atoms with Crippen LogP contribution in [0.3, 0.4) is 0 Å². The zero-order chi connectivity index (χ0) is 23.5. The van der Waals surface area contributed by atoms with Crippen LogP contribution in [0.25, 0.3) is 11.4 Å². The Hall–Kier alpha value is -3.24. The summed E-state index contributed by atoms with van der Waals surface area (Å²) < 4.78 is 6.82. The highest BCUT2D eigenvalue weighted by Gasteiger charge is 2.33. The maximum absolute atomic E-state index is 12.5. The third-order valence-electron chi connectivity index (χ3n) is 5.28. The molecule has 3 aromatic rings. The molecule has 0 spiro atoms. The van der Waals surface area contributed by atoms with Crippen molar-refractivity contribution >= 4 is 46.7 Å². The number of carbonyl (C=O) groups is 2. The van der Waals surface area contributed by atoms with Crippen LogP contribution in [-0.2, 0) is 16.6 Å². The highest BCUT2D eigenvalue weighted by molar-refractivity contribution is 6.30. The summed E-state index contributed by atoms with van der Waals surface area (Å²) in [6, 6.07) is 6.83. The Bertz CT molecular complexity index is 1160. The van der Waals surface area contributed by atoms with Gasteiger partial charge in [0.25, 0.3) is 0 Å². The zero-order valence-electron chi connectivity index (χ0n) is 17.8. The molecular formula is C21H21Cl2N7O3. The van der Waals surface area contributed by atoms with Gasteiger partial charge >= 0.3 is 6.09 Å². The summed E-state index contributed by atoms with van der Waals surface area (Å²) in [4.78, 5) is 33.0. The SMILES string of the molecule is C[C@@H](OC(=O)Nc1c(-c2ccc(NC(=O)C3CC(Cl)C3)cn2)nnn1C)c1cccnc1Cl. The van der Waals surface area contributed by atoms with Crippen molar-refractivity contribution in [2.24, 2.45) is 13.0 Å².